The van der Waals surface area contributed by atoms with Gasteiger partial charge in [-0.25, -0.2) is 9.48 Å². The van der Waals surface area contributed by atoms with Crippen LogP contribution in [0, 0.1) is 20.8 Å². The molecule has 0 aliphatic rings. The van der Waals surface area contributed by atoms with Gasteiger partial charge in [-0.2, -0.15) is 5.10 Å². The normalized spacial score (nSPS) is 10.5. The number of aromatic nitrogens is 4. The van der Waals surface area contributed by atoms with Crippen LogP contribution in [0.5, 0.6) is 11.6 Å². The van der Waals surface area contributed by atoms with E-state index in [1.165, 1.54) is 5.56 Å². The molecule has 8 nitrogen and oxygen atoms in total. The lowest BCUT2D eigenvalue weighted by molar-refractivity contribution is 0.262. The number of hydrogen-bond acceptors (Lipinski definition) is 5. The minimum Gasteiger partial charge on any atom is -0.438 e. The Bertz CT molecular complexity index is 1200. The lowest BCUT2D eigenvalue weighted by atomic mass is 10.1. The molecule has 2 amide bonds. The highest BCUT2D eigenvalue weighted by Gasteiger charge is 2.06. The number of ether oxygens (including phenoxy) is 1. The zero-order valence-corrected chi connectivity index (χ0v) is 17.5. The summed E-state index contributed by atoms with van der Waals surface area (Å²) in [6, 6.07) is 17.9. The highest BCUT2D eigenvalue weighted by molar-refractivity contribution is 5.99. The fourth-order valence-corrected chi connectivity index (χ4v) is 2.87. The zero-order valence-electron chi connectivity index (χ0n) is 17.5. The third-order valence-corrected chi connectivity index (χ3v) is 4.68. The van der Waals surface area contributed by atoms with E-state index in [0.717, 1.165) is 16.9 Å². The van der Waals surface area contributed by atoms with Crippen molar-refractivity contribution >= 4 is 17.4 Å². The molecule has 0 saturated heterocycles. The van der Waals surface area contributed by atoms with E-state index in [0.29, 0.717) is 23.1 Å². The molecule has 0 aliphatic carbocycles. The van der Waals surface area contributed by atoms with Crippen molar-refractivity contribution in [2.75, 3.05) is 10.6 Å². The summed E-state index contributed by atoms with van der Waals surface area (Å²) in [5.74, 6) is 1.55. The van der Waals surface area contributed by atoms with E-state index < -0.39 is 0 Å². The van der Waals surface area contributed by atoms with Gasteiger partial charge in [-0.05, 0) is 80.4 Å². The molecule has 2 aromatic carbocycles. The largest absolute Gasteiger partial charge is 0.438 e. The molecule has 2 N–H and O–H groups in total. The van der Waals surface area contributed by atoms with E-state index >= 15 is 0 Å². The Labute approximate surface area is 179 Å². The first kappa shape index (κ1) is 20.1. The summed E-state index contributed by atoms with van der Waals surface area (Å²) in [5.41, 5.74) is 4.59. The molecular weight excluding hydrogens is 392 g/mol. The maximum absolute atomic E-state index is 12.2. The topological polar surface area (TPSA) is 94.0 Å². The fourth-order valence-electron chi connectivity index (χ4n) is 2.87. The third kappa shape index (κ3) is 5.05. The second kappa shape index (κ2) is 8.66. The second-order valence-corrected chi connectivity index (χ2v) is 7.14. The molecule has 0 spiro atoms. The van der Waals surface area contributed by atoms with Crippen LogP contribution < -0.4 is 15.4 Å². The van der Waals surface area contributed by atoms with Crippen molar-refractivity contribution in [3.8, 4) is 17.4 Å². The van der Waals surface area contributed by atoms with Crippen molar-refractivity contribution < 1.29 is 9.53 Å². The number of amides is 2. The van der Waals surface area contributed by atoms with Gasteiger partial charge in [0.15, 0.2) is 5.82 Å². The summed E-state index contributed by atoms with van der Waals surface area (Å²) >= 11 is 0. The predicted molar refractivity (Wildman–Crippen MR) is 119 cm³/mol. The number of aryl methyl sites for hydroxylation is 3. The molecule has 0 bridgehead atoms. The first-order valence-electron chi connectivity index (χ1n) is 9.76. The number of nitrogens with one attached hydrogen (secondary N) is 2. The van der Waals surface area contributed by atoms with Gasteiger partial charge in [0.25, 0.3) is 0 Å². The average Bonchev–Trinajstić information content (AvgIpc) is 3.19. The first-order chi connectivity index (χ1) is 15.0. The molecule has 0 saturated carbocycles. The quantitative estimate of drug-likeness (QED) is 0.478. The Kier molecular flexibility index (Phi) is 5.61. The highest BCUT2D eigenvalue weighted by atomic mass is 16.5. The highest BCUT2D eigenvalue weighted by Crippen LogP contribution is 2.22. The van der Waals surface area contributed by atoms with Crippen LogP contribution in [-0.4, -0.2) is 26.0 Å². The number of benzene rings is 2. The van der Waals surface area contributed by atoms with Crippen molar-refractivity contribution in [1.82, 2.24) is 20.0 Å². The SMILES string of the molecule is Cc1ccn(-c2ccc(Oc3ccc(NC(=O)Nc4ccc(C)c(C)c4)cc3)nn2)n1. The summed E-state index contributed by atoms with van der Waals surface area (Å²) in [6.07, 6.45) is 1.82. The van der Waals surface area contributed by atoms with Crippen molar-refractivity contribution in [3.05, 3.63) is 83.7 Å². The molecule has 0 aliphatic heterocycles. The minimum atomic E-state index is -0.313. The third-order valence-electron chi connectivity index (χ3n) is 4.68. The van der Waals surface area contributed by atoms with Crippen LogP contribution in [-0.2, 0) is 0 Å². The van der Waals surface area contributed by atoms with E-state index in [4.69, 9.17) is 4.74 Å². The van der Waals surface area contributed by atoms with Gasteiger partial charge in [0, 0.05) is 23.6 Å². The maximum atomic E-state index is 12.2. The fraction of sp³-hybridized carbons (Fsp3) is 0.130. The van der Waals surface area contributed by atoms with Crippen molar-refractivity contribution in [3.63, 3.8) is 0 Å². The molecule has 0 fully saturated rings. The maximum Gasteiger partial charge on any atom is 0.323 e. The molecule has 4 aromatic rings. The molecule has 0 unspecified atom stereocenters. The molecule has 4 rings (SSSR count). The second-order valence-electron chi connectivity index (χ2n) is 7.14. The molecule has 2 heterocycles. The number of carbonyl (C=O) groups is 1. The van der Waals surface area contributed by atoms with Crippen LogP contribution in [0.1, 0.15) is 16.8 Å². The molecule has 0 atom stereocenters. The van der Waals surface area contributed by atoms with Crippen molar-refractivity contribution in [1.29, 1.82) is 0 Å². The van der Waals surface area contributed by atoms with Gasteiger partial charge in [0.05, 0.1) is 5.69 Å². The summed E-state index contributed by atoms with van der Waals surface area (Å²) in [5, 5.41) is 18.1. The lowest BCUT2D eigenvalue weighted by Crippen LogP contribution is -2.19. The smallest absolute Gasteiger partial charge is 0.323 e. The van der Waals surface area contributed by atoms with Gasteiger partial charge in [0.2, 0.25) is 5.88 Å². The van der Waals surface area contributed by atoms with Crippen LogP contribution >= 0.6 is 0 Å². The summed E-state index contributed by atoms with van der Waals surface area (Å²) < 4.78 is 7.37. The predicted octanol–water partition coefficient (Wildman–Crippen LogP) is 5.02. The van der Waals surface area contributed by atoms with Gasteiger partial charge >= 0.3 is 6.03 Å². The zero-order chi connectivity index (χ0) is 21.8. The summed E-state index contributed by atoms with van der Waals surface area (Å²) in [4.78, 5) is 12.2. The Balaban J connectivity index is 1.34. The molecule has 0 radical (unpaired) electrons. The number of carbonyl (C=O) groups excluding carboxylic acids is 1. The number of rotatable bonds is 5. The van der Waals surface area contributed by atoms with E-state index in [1.54, 1.807) is 41.1 Å². The van der Waals surface area contributed by atoms with Gasteiger partial charge in [-0.3, -0.25) is 0 Å². The van der Waals surface area contributed by atoms with Gasteiger partial charge < -0.3 is 15.4 Å². The molecular formula is C23H22N6O2. The van der Waals surface area contributed by atoms with Gasteiger partial charge in [0.1, 0.15) is 5.75 Å². The Morgan fingerprint density at radius 1 is 0.839 bits per heavy atom. The van der Waals surface area contributed by atoms with Crippen LogP contribution in [0.15, 0.2) is 66.9 Å². The van der Waals surface area contributed by atoms with Crippen LogP contribution in [0.4, 0.5) is 16.2 Å². The number of hydrogen-bond donors (Lipinski definition) is 2. The lowest BCUT2D eigenvalue weighted by Gasteiger charge is -2.10. The van der Waals surface area contributed by atoms with E-state index in [-0.39, 0.29) is 6.03 Å². The molecule has 156 valence electrons. The number of anilines is 2. The summed E-state index contributed by atoms with van der Waals surface area (Å²) in [6.45, 7) is 5.95. The number of urea groups is 1. The Morgan fingerprint density at radius 3 is 2.23 bits per heavy atom. The van der Waals surface area contributed by atoms with Crippen molar-refractivity contribution in [2.45, 2.75) is 20.8 Å². The van der Waals surface area contributed by atoms with E-state index in [1.807, 2.05) is 51.2 Å². The Hall–Kier alpha value is -4.20. The van der Waals surface area contributed by atoms with Crippen molar-refractivity contribution in [2.24, 2.45) is 0 Å². The van der Waals surface area contributed by atoms with E-state index in [2.05, 4.69) is 25.9 Å². The molecule has 31 heavy (non-hydrogen) atoms. The van der Waals surface area contributed by atoms with Crippen LogP contribution in [0.3, 0.4) is 0 Å². The van der Waals surface area contributed by atoms with Crippen LogP contribution in [0.25, 0.3) is 5.82 Å². The standard InChI is InChI=1S/C23H22N6O2/c1-15-4-5-19(14-16(15)2)25-23(30)24-18-6-8-20(9-7-18)31-22-11-10-21(26-27-22)29-13-12-17(3)28-29/h4-14H,1-3H3,(H2,24,25,30). The monoisotopic (exact) mass is 414 g/mol. The van der Waals surface area contributed by atoms with Crippen LogP contribution in [0.2, 0.25) is 0 Å². The summed E-state index contributed by atoms with van der Waals surface area (Å²) in [7, 11) is 0. The number of nitrogens with zero attached hydrogens (tertiary/aromatic N) is 4. The first-order valence-corrected chi connectivity index (χ1v) is 9.76. The van der Waals surface area contributed by atoms with Gasteiger partial charge in [-0.1, -0.05) is 6.07 Å². The van der Waals surface area contributed by atoms with E-state index in [9.17, 15) is 4.79 Å². The molecule has 8 heteroatoms. The van der Waals surface area contributed by atoms with Gasteiger partial charge in [-0.15, -0.1) is 10.2 Å². The Morgan fingerprint density at radius 2 is 1.58 bits per heavy atom. The minimum absolute atomic E-state index is 0.313. The molecule has 2 aromatic heterocycles. The average molecular weight is 414 g/mol.